The number of benzene rings is 2. The second-order valence-electron chi connectivity index (χ2n) is 11.5. The average molecular weight is 626 g/mol. The molecule has 0 aliphatic heterocycles. The molecule has 2 bridgehead atoms. The number of carbonyl (C=O) groups excluding carboxylic acids is 1. The lowest BCUT2D eigenvalue weighted by atomic mass is 9.70. The first-order chi connectivity index (χ1) is 20.9. The van der Waals surface area contributed by atoms with E-state index < -0.39 is 21.3 Å². The van der Waals surface area contributed by atoms with Gasteiger partial charge in [0.2, 0.25) is 0 Å². The third kappa shape index (κ3) is 7.30. The van der Waals surface area contributed by atoms with Crippen molar-refractivity contribution in [3.8, 4) is 23.8 Å². The Morgan fingerprint density at radius 2 is 1.73 bits per heavy atom. The Bertz CT molecular complexity index is 1640. The molecule has 236 valence electrons. The monoisotopic (exact) mass is 625 g/mol. The Hall–Kier alpha value is -3.76. The number of aromatic nitrogens is 2. The number of anilines is 2. The quantitative estimate of drug-likeness (QED) is 0.164. The molecule has 0 radical (unpaired) electrons. The molecule has 44 heavy (non-hydrogen) atoms. The molecule has 11 nitrogen and oxygen atoms in total. The van der Waals surface area contributed by atoms with Crippen molar-refractivity contribution in [2.45, 2.75) is 33.1 Å². The van der Waals surface area contributed by atoms with E-state index in [2.05, 4.69) is 21.2 Å². The molecular weight excluding hydrogens is 586 g/mol. The lowest BCUT2D eigenvalue weighted by Gasteiger charge is -2.35. The number of terminal acetylenes is 1. The number of methoxy groups -OCH3 is 2. The molecular formula is C32H39N3O8S. The number of ketones is 1. The molecule has 1 heterocycles. The molecule has 0 unspecified atom stereocenters. The van der Waals surface area contributed by atoms with Crippen LogP contribution in [0.25, 0.3) is 10.9 Å². The Morgan fingerprint density at radius 3 is 2.30 bits per heavy atom. The Morgan fingerprint density at radius 1 is 1.05 bits per heavy atom. The first-order valence-electron chi connectivity index (χ1n) is 14.3. The molecule has 2 atom stereocenters. The lowest BCUT2D eigenvalue weighted by molar-refractivity contribution is -0.128. The minimum absolute atomic E-state index is 0.0152. The van der Waals surface area contributed by atoms with Gasteiger partial charge in [-0.3, -0.25) is 9.35 Å². The summed E-state index contributed by atoms with van der Waals surface area (Å²) < 4.78 is 52.8. The van der Waals surface area contributed by atoms with Crippen LogP contribution in [0.5, 0.6) is 11.5 Å². The molecule has 2 saturated carbocycles. The van der Waals surface area contributed by atoms with Gasteiger partial charge in [-0.05, 0) is 48.4 Å². The second kappa shape index (κ2) is 13.9. The smallest absolute Gasteiger partial charge is 0.265 e. The molecule has 2 aliphatic carbocycles. The summed E-state index contributed by atoms with van der Waals surface area (Å²) >= 11 is 0. The van der Waals surface area contributed by atoms with Gasteiger partial charge in [-0.15, -0.1) is 6.42 Å². The predicted molar refractivity (Wildman–Crippen MR) is 167 cm³/mol. The van der Waals surface area contributed by atoms with E-state index in [1.165, 1.54) is 6.33 Å². The topological polar surface area (TPSA) is 146 Å². The largest absolute Gasteiger partial charge is 0.487 e. The van der Waals surface area contributed by atoms with Gasteiger partial charge in [0.25, 0.3) is 10.1 Å². The van der Waals surface area contributed by atoms with Crippen LogP contribution in [0, 0.1) is 29.1 Å². The van der Waals surface area contributed by atoms with Gasteiger partial charge >= 0.3 is 0 Å². The number of Topliss-reactive ketones (excluding diaryl/α,β-unsaturated/α-hetero) is 1. The highest BCUT2D eigenvalue weighted by Crippen LogP contribution is 2.64. The minimum atomic E-state index is -4.08. The number of hydrogen-bond donors (Lipinski definition) is 2. The van der Waals surface area contributed by atoms with E-state index in [1.807, 2.05) is 50.2 Å². The molecule has 0 saturated heterocycles. The van der Waals surface area contributed by atoms with Gasteiger partial charge in [-0.2, -0.15) is 8.42 Å². The van der Waals surface area contributed by atoms with Crippen LogP contribution in [0.1, 0.15) is 38.7 Å². The van der Waals surface area contributed by atoms with Gasteiger partial charge in [0.1, 0.15) is 31.1 Å². The fourth-order valence-electron chi connectivity index (χ4n) is 6.10. The van der Waals surface area contributed by atoms with E-state index in [0.717, 1.165) is 28.6 Å². The molecule has 2 fully saturated rings. The number of nitrogens with zero attached hydrogens (tertiary/aromatic N) is 2. The van der Waals surface area contributed by atoms with Gasteiger partial charge in [-0.25, -0.2) is 9.97 Å². The van der Waals surface area contributed by atoms with Crippen LogP contribution >= 0.6 is 0 Å². The maximum Gasteiger partial charge on any atom is 0.265 e. The van der Waals surface area contributed by atoms with Gasteiger partial charge in [0, 0.05) is 43.3 Å². The SMILES string of the molecule is C#Cc1cccc(Nc2ncnc3cc(OCCOC)c(OCCOC)cc23)c1.CC1(C)[C@H]2CC[C@]1(CS(=O)(=O)O)C(=O)C2. The summed E-state index contributed by atoms with van der Waals surface area (Å²) in [7, 11) is -0.826. The van der Waals surface area contributed by atoms with E-state index in [-0.39, 0.29) is 17.1 Å². The zero-order valence-electron chi connectivity index (χ0n) is 25.5. The van der Waals surface area contributed by atoms with Crippen molar-refractivity contribution < 1.29 is 36.7 Å². The number of hydrogen-bond acceptors (Lipinski definition) is 10. The summed E-state index contributed by atoms with van der Waals surface area (Å²) in [4.78, 5) is 20.6. The minimum Gasteiger partial charge on any atom is -0.487 e. The van der Waals surface area contributed by atoms with E-state index in [1.54, 1.807) is 14.2 Å². The van der Waals surface area contributed by atoms with Crippen LogP contribution in [-0.4, -0.2) is 75.1 Å². The van der Waals surface area contributed by atoms with Crippen LogP contribution < -0.4 is 14.8 Å². The van der Waals surface area contributed by atoms with Crippen LogP contribution in [0.4, 0.5) is 11.5 Å². The maximum atomic E-state index is 11.9. The highest BCUT2D eigenvalue weighted by atomic mass is 32.2. The zero-order chi connectivity index (χ0) is 32.0. The number of nitrogens with one attached hydrogen (secondary N) is 1. The summed E-state index contributed by atoms with van der Waals surface area (Å²) in [5.41, 5.74) is 1.22. The summed E-state index contributed by atoms with van der Waals surface area (Å²) in [6.07, 6.45) is 8.97. The second-order valence-corrected chi connectivity index (χ2v) is 12.9. The van der Waals surface area contributed by atoms with Crippen molar-refractivity contribution in [1.82, 2.24) is 9.97 Å². The summed E-state index contributed by atoms with van der Waals surface area (Å²) in [5, 5.41) is 4.10. The maximum absolute atomic E-state index is 11.9. The zero-order valence-corrected chi connectivity index (χ0v) is 26.3. The van der Waals surface area contributed by atoms with Crippen LogP contribution in [-0.2, 0) is 24.4 Å². The van der Waals surface area contributed by atoms with E-state index in [0.29, 0.717) is 56.6 Å². The van der Waals surface area contributed by atoms with Crippen LogP contribution in [0.2, 0.25) is 0 Å². The highest BCUT2D eigenvalue weighted by Gasteiger charge is 2.65. The highest BCUT2D eigenvalue weighted by molar-refractivity contribution is 7.85. The van der Waals surface area contributed by atoms with E-state index in [4.69, 9.17) is 29.9 Å². The molecule has 2 aromatic carbocycles. The van der Waals surface area contributed by atoms with Crippen molar-refractivity contribution in [3.63, 3.8) is 0 Å². The molecule has 2 aliphatic rings. The lowest BCUT2D eigenvalue weighted by Crippen LogP contribution is -2.42. The molecule has 0 amide bonds. The van der Waals surface area contributed by atoms with Gasteiger partial charge in [0.05, 0.1) is 29.9 Å². The first kappa shape index (κ1) is 33.1. The van der Waals surface area contributed by atoms with E-state index in [9.17, 15) is 13.2 Å². The van der Waals surface area contributed by atoms with Crippen molar-refractivity contribution in [1.29, 1.82) is 0 Å². The third-order valence-electron chi connectivity index (χ3n) is 8.65. The Balaban J connectivity index is 0.000000246. The van der Waals surface area contributed by atoms with Gasteiger partial charge in [-0.1, -0.05) is 25.8 Å². The summed E-state index contributed by atoms with van der Waals surface area (Å²) in [6, 6.07) is 11.3. The van der Waals surface area contributed by atoms with Crippen LogP contribution in [0.3, 0.4) is 0 Å². The number of rotatable bonds is 12. The fourth-order valence-corrected chi connectivity index (χ4v) is 7.40. The standard InChI is InChI=1S/C22H23N3O4.C10H16O4S/c1-4-16-6-5-7-17(12-16)25-22-18-13-20(28-10-8-26-2)21(29-11-9-27-3)14-19(18)23-15-24-22;1-9(2)7-3-4-10(9,8(11)5-7)6-15(12,13)14/h1,5-7,12-15H,8-11H2,2-3H3,(H,23,24,25);7H,3-6H2,1-2H3,(H,12,13,14)/t;7-,10-/m.0/s1. The normalized spacial score (nSPS) is 20.1. The van der Waals surface area contributed by atoms with Gasteiger partial charge in [0.15, 0.2) is 11.5 Å². The van der Waals surface area contributed by atoms with Crippen molar-refractivity contribution >= 4 is 38.3 Å². The van der Waals surface area contributed by atoms with Crippen molar-refractivity contribution in [2.75, 3.05) is 51.7 Å². The summed E-state index contributed by atoms with van der Waals surface area (Å²) in [5.74, 6) is 4.34. The molecule has 5 rings (SSSR count). The molecule has 3 aromatic rings. The fraction of sp³-hybridized carbons (Fsp3) is 0.469. The average Bonchev–Trinajstić information content (AvgIpc) is 3.32. The molecule has 1 aromatic heterocycles. The van der Waals surface area contributed by atoms with Gasteiger partial charge < -0.3 is 24.3 Å². The number of fused-ring (bicyclic) bond motifs is 3. The first-order valence-corrected chi connectivity index (χ1v) is 15.9. The molecule has 12 heteroatoms. The van der Waals surface area contributed by atoms with Crippen LogP contribution in [0.15, 0.2) is 42.7 Å². The molecule has 0 spiro atoms. The van der Waals surface area contributed by atoms with E-state index >= 15 is 0 Å². The number of carbonyl (C=O) groups is 1. The Kier molecular flexibility index (Phi) is 10.5. The summed E-state index contributed by atoms with van der Waals surface area (Å²) in [6.45, 7) is 5.62. The Labute approximate surface area is 258 Å². The third-order valence-corrected chi connectivity index (χ3v) is 9.51. The van der Waals surface area contributed by atoms with Crippen molar-refractivity contribution in [2.24, 2.45) is 16.7 Å². The predicted octanol–water partition coefficient (Wildman–Crippen LogP) is 4.67. The van der Waals surface area contributed by atoms with Crippen molar-refractivity contribution in [3.05, 3.63) is 48.3 Å². The molecule has 2 N–H and O–H groups in total. The number of ether oxygens (including phenoxy) is 4.